The van der Waals surface area contributed by atoms with Crippen molar-refractivity contribution in [2.24, 2.45) is 0 Å². The molecular formula is C35H48N2. The Kier molecular flexibility index (Phi) is 8.56. The standard InChI is InChI=1S/C35H48N2/c1-23(2)29-16-12-17-30(24(3)4)34(29)36-20-21-37(33(36)22-28-15-11-10-14-27(28)9)35-31(25(5)6)18-13-19-32(35)26(7)8/h9,12-13,16-21,23-26,33H,10-11,14-15,22H2,1-8H3. The summed E-state index contributed by atoms with van der Waals surface area (Å²) in [6.45, 7) is 25.2. The normalized spacial score (nSPS) is 17.0. The highest BCUT2D eigenvalue weighted by atomic mass is 15.4. The van der Waals surface area contributed by atoms with Crippen LogP contribution in [0.25, 0.3) is 0 Å². The largest absolute Gasteiger partial charge is 0.324 e. The Morgan fingerprint density at radius 2 is 1.03 bits per heavy atom. The van der Waals surface area contributed by atoms with E-state index in [0.717, 1.165) is 24.8 Å². The number of nitrogens with zero attached hydrogens (tertiary/aromatic N) is 2. The van der Waals surface area contributed by atoms with E-state index >= 15 is 0 Å². The lowest BCUT2D eigenvalue weighted by Crippen LogP contribution is -2.41. The van der Waals surface area contributed by atoms with E-state index in [1.54, 1.807) is 0 Å². The molecule has 1 aliphatic carbocycles. The summed E-state index contributed by atoms with van der Waals surface area (Å²) in [6, 6.07) is 13.8. The van der Waals surface area contributed by atoms with Gasteiger partial charge in [-0.25, -0.2) is 0 Å². The van der Waals surface area contributed by atoms with Crippen LogP contribution in [0.1, 0.15) is 133 Å². The lowest BCUT2D eigenvalue weighted by molar-refractivity contribution is 0.596. The maximum atomic E-state index is 6.66. The zero-order chi connectivity index (χ0) is 26.9. The third-order valence-electron chi connectivity index (χ3n) is 8.29. The van der Waals surface area contributed by atoms with Crippen LogP contribution in [0.15, 0.2) is 59.9 Å². The van der Waals surface area contributed by atoms with E-state index in [1.807, 2.05) is 0 Å². The van der Waals surface area contributed by atoms with Crippen molar-refractivity contribution in [3.63, 3.8) is 0 Å². The first-order valence-corrected chi connectivity index (χ1v) is 14.6. The van der Waals surface area contributed by atoms with Crippen LogP contribution < -0.4 is 9.80 Å². The summed E-state index contributed by atoms with van der Waals surface area (Å²) in [5, 5.41) is 0. The predicted molar refractivity (Wildman–Crippen MR) is 162 cm³/mol. The molecule has 37 heavy (non-hydrogen) atoms. The van der Waals surface area contributed by atoms with Gasteiger partial charge in [0.15, 0.2) is 0 Å². The molecule has 2 aliphatic rings. The van der Waals surface area contributed by atoms with Gasteiger partial charge in [0.25, 0.3) is 0 Å². The third kappa shape index (κ3) is 5.54. The highest BCUT2D eigenvalue weighted by molar-refractivity contribution is 5.72. The second-order valence-electron chi connectivity index (χ2n) is 12.3. The molecule has 0 fully saturated rings. The summed E-state index contributed by atoms with van der Waals surface area (Å²) < 4.78 is 0. The lowest BCUT2D eigenvalue weighted by atomic mass is 9.88. The number of hydrogen-bond acceptors (Lipinski definition) is 2. The first-order chi connectivity index (χ1) is 17.6. The molecule has 198 valence electrons. The van der Waals surface area contributed by atoms with E-state index in [1.165, 1.54) is 52.0 Å². The van der Waals surface area contributed by atoms with Crippen molar-refractivity contribution in [1.29, 1.82) is 0 Å². The predicted octanol–water partition coefficient (Wildman–Crippen LogP) is 10.3. The molecule has 1 aliphatic heterocycles. The van der Waals surface area contributed by atoms with E-state index in [-0.39, 0.29) is 6.17 Å². The van der Waals surface area contributed by atoms with E-state index < -0.39 is 0 Å². The van der Waals surface area contributed by atoms with Crippen LogP contribution >= 0.6 is 0 Å². The van der Waals surface area contributed by atoms with Crippen molar-refractivity contribution in [3.05, 3.63) is 89.1 Å². The average molecular weight is 497 g/mol. The average Bonchev–Trinajstić information content (AvgIpc) is 3.26. The first-order valence-electron chi connectivity index (χ1n) is 14.6. The van der Waals surface area contributed by atoms with E-state index in [4.69, 9.17) is 6.92 Å². The molecule has 0 atom stereocenters. The Bertz CT molecular complexity index is 1020. The maximum absolute atomic E-state index is 6.66. The topological polar surface area (TPSA) is 6.48 Å². The fourth-order valence-corrected chi connectivity index (χ4v) is 6.18. The molecule has 1 heterocycles. The molecular weight excluding hydrogens is 448 g/mol. The number of allylic oxidation sites excluding steroid dienone is 1. The number of anilines is 2. The zero-order valence-corrected chi connectivity index (χ0v) is 24.5. The molecule has 0 saturated heterocycles. The SMILES string of the molecule is [CH]C1=C(CC2N(c3c(C(C)C)cccc3C(C)C)C=CN2c2c(C(C)C)cccc2C(C)C)CCCC1. The van der Waals surface area contributed by atoms with Crippen LogP contribution in [-0.2, 0) is 0 Å². The Hall–Kier alpha value is -2.48. The minimum atomic E-state index is 0.168. The molecule has 2 nitrogen and oxygen atoms in total. The molecule has 2 aromatic carbocycles. The van der Waals surface area contributed by atoms with Gasteiger partial charge in [0.05, 0.1) is 0 Å². The van der Waals surface area contributed by atoms with E-state index in [9.17, 15) is 0 Å². The number of hydrogen-bond donors (Lipinski definition) is 0. The monoisotopic (exact) mass is 496 g/mol. The second kappa shape index (κ2) is 11.5. The quantitative estimate of drug-likeness (QED) is 0.358. The minimum Gasteiger partial charge on any atom is -0.324 e. The fourth-order valence-electron chi connectivity index (χ4n) is 6.18. The van der Waals surface area contributed by atoms with Gasteiger partial charge in [-0.3, -0.25) is 0 Å². The summed E-state index contributed by atoms with van der Waals surface area (Å²) in [6.07, 6.45) is 10.4. The highest BCUT2D eigenvalue weighted by Crippen LogP contribution is 2.45. The second-order valence-corrected chi connectivity index (χ2v) is 12.3. The van der Waals surface area contributed by atoms with Gasteiger partial charge in [-0.1, -0.05) is 103 Å². The fraction of sp³-hybridized carbons (Fsp3) is 0.514. The molecule has 0 amide bonds. The molecule has 0 unspecified atom stereocenters. The summed E-state index contributed by atoms with van der Waals surface area (Å²) in [5.74, 6) is 1.80. The van der Waals surface area contributed by atoms with Crippen molar-refractivity contribution in [2.75, 3.05) is 9.80 Å². The number of rotatable bonds is 8. The van der Waals surface area contributed by atoms with Gasteiger partial charge in [-0.05, 0) is 78.5 Å². The van der Waals surface area contributed by atoms with Crippen LogP contribution in [0.4, 0.5) is 11.4 Å². The van der Waals surface area contributed by atoms with Crippen LogP contribution in [0.3, 0.4) is 0 Å². The molecule has 2 radical (unpaired) electrons. The van der Waals surface area contributed by atoms with Crippen molar-refractivity contribution in [2.45, 2.75) is 117 Å². The molecule has 0 saturated carbocycles. The molecule has 0 aromatic heterocycles. The summed E-state index contributed by atoms with van der Waals surface area (Å²) in [7, 11) is 0. The Balaban J connectivity index is 1.92. The Labute approximate surface area is 227 Å². The van der Waals surface area contributed by atoms with E-state index in [2.05, 4.69) is 114 Å². The van der Waals surface area contributed by atoms with Gasteiger partial charge in [0, 0.05) is 30.2 Å². The zero-order valence-electron chi connectivity index (χ0n) is 24.5. The molecule has 0 N–H and O–H groups in total. The number of benzene rings is 2. The first kappa shape index (κ1) is 27.6. The molecule has 2 heteroatoms. The van der Waals surface area contributed by atoms with Gasteiger partial charge in [0.1, 0.15) is 6.17 Å². The van der Waals surface area contributed by atoms with Crippen molar-refractivity contribution in [1.82, 2.24) is 0 Å². The molecule has 4 rings (SSSR count). The Morgan fingerprint density at radius 3 is 1.38 bits per heavy atom. The van der Waals surface area contributed by atoms with E-state index in [0.29, 0.717) is 23.7 Å². The summed E-state index contributed by atoms with van der Waals surface area (Å²) in [4.78, 5) is 5.17. The summed E-state index contributed by atoms with van der Waals surface area (Å²) in [5.41, 5.74) is 11.1. The van der Waals surface area contributed by atoms with Crippen LogP contribution in [0.5, 0.6) is 0 Å². The van der Waals surface area contributed by atoms with Crippen molar-refractivity contribution in [3.8, 4) is 0 Å². The van der Waals surface area contributed by atoms with Gasteiger partial charge in [0.2, 0.25) is 0 Å². The van der Waals surface area contributed by atoms with Crippen LogP contribution in [0.2, 0.25) is 0 Å². The van der Waals surface area contributed by atoms with Crippen molar-refractivity contribution >= 4 is 11.4 Å². The minimum absolute atomic E-state index is 0.168. The third-order valence-corrected chi connectivity index (χ3v) is 8.29. The van der Waals surface area contributed by atoms with Gasteiger partial charge in [-0.2, -0.15) is 0 Å². The van der Waals surface area contributed by atoms with Gasteiger partial charge in [-0.15, -0.1) is 0 Å². The number of para-hydroxylation sites is 2. The summed E-state index contributed by atoms with van der Waals surface area (Å²) >= 11 is 0. The maximum Gasteiger partial charge on any atom is 0.114 e. The molecule has 2 aromatic rings. The van der Waals surface area contributed by atoms with Gasteiger partial charge >= 0.3 is 0 Å². The molecule has 0 bridgehead atoms. The van der Waals surface area contributed by atoms with Crippen molar-refractivity contribution < 1.29 is 0 Å². The smallest absolute Gasteiger partial charge is 0.114 e. The van der Waals surface area contributed by atoms with Gasteiger partial charge < -0.3 is 9.80 Å². The van der Waals surface area contributed by atoms with Crippen LogP contribution in [0, 0.1) is 6.92 Å². The Morgan fingerprint density at radius 1 is 0.649 bits per heavy atom. The highest BCUT2D eigenvalue weighted by Gasteiger charge is 2.35. The molecule has 0 spiro atoms. The lowest BCUT2D eigenvalue weighted by Gasteiger charge is -2.39. The van der Waals surface area contributed by atoms with Crippen LogP contribution in [-0.4, -0.2) is 6.17 Å².